The highest BCUT2D eigenvalue weighted by Crippen LogP contribution is 2.34. The summed E-state index contributed by atoms with van der Waals surface area (Å²) in [5, 5.41) is 2.94. The van der Waals surface area contributed by atoms with Crippen LogP contribution in [0.1, 0.15) is 54.7 Å². The lowest BCUT2D eigenvalue weighted by Gasteiger charge is -2.32. The van der Waals surface area contributed by atoms with Crippen LogP contribution in [0.15, 0.2) is 54.6 Å². The van der Waals surface area contributed by atoms with E-state index < -0.39 is 17.7 Å². The highest BCUT2D eigenvalue weighted by Gasteiger charge is 2.35. The molecule has 3 rings (SSSR count). The summed E-state index contributed by atoms with van der Waals surface area (Å²) in [6, 6.07) is 16.9. The van der Waals surface area contributed by atoms with E-state index in [0.29, 0.717) is 6.42 Å². The number of hydrogen-bond donors (Lipinski definition) is 1. The van der Waals surface area contributed by atoms with Crippen LogP contribution in [0.4, 0.5) is 4.79 Å². The van der Waals surface area contributed by atoms with Crippen LogP contribution >= 0.6 is 0 Å². The monoisotopic (exact) mass is 351 g/mol. The van der Waals surface area contributed by atoms with Crippen LogP contribution < -0.4 is 5.32 Å². The molecule has 4 heteroatoms. The first-order valence-corrected chi connectivity index (χ1v) is 9.02. The minimum atomic E-state index is -0.589. The SMILES string of the molecule is CC(C)(C)OC(=O)N[C@H](c1ccccc1)[C@H]1CCc2ccccc2C1=O. The average Bonchev–Trinajstić information content (AvgIpc) is 2.60. The average molecular weight is 351 g/mol. The molecule has 0 aliphatic heterocycles. The second-order valence-corrected chi connectivity index (χ2v) is 7.70. The van der Waals surface area contributed by atoms with Crippen molar-refractivity contribution in [3.63, 3.8) is 0 Å². The molecule has 1 aliphatic rings. The van der Waals surface area contributed by atoms with Crippen LogP contribution in [0, 0.1) is 5.92 Å². The summed E-state index contributed by atoms with van der Waals surface area (Å²) in [6.07, 6.45) is 1.02. The van der Waals surface area contributed by atoms with Gasteiger partial charge in [-0.15, -0.1) is 0 Å². The second-order valence-electron chi connectivity index (χ2n) is 7.70. The van der Waals surface area contributed by atoms with E-state index in [1.54, 1.807) is 0 Å². The maximum absolute atomic E-state index is 13.1. The third-order valence-electron chi connectivity index (χ3n) is 4.58. The molecule has 0 heterocycles. The van der Waals surface area contributed by atoms with Gasteiger partial charge in [-0.2, -0.15) is 0 Å². The third kappa shape index (κ3) is 4.13. The zero-order valence-electron chi connectivity index (χ0n) is 15.5. The molecule has 0 bridgehead atoms. The van der Waals surface area contributed by atoms with Crippen molar-refractivity contribution in [3.8, 4) is 0 Å². The molecule has 2 aromatic carbocycles. The van der Waals surface area contributed by atoms with E-state index in [0.717, 1.165) is 23.1 Å². The lowest BCUT2D eigenvalue weighted by Crippen LogP contribution is -2.41. The zero-order valence-corrected chi connectivity index (χ0v) is 15.5. The van der Waals surface area contributed by atoms with E-state index in [-0.39, 0.29) is 11.7 Å². The van der Waals surface area contributed by atoms with Crippen LogP contribution in [0.25, 0.3) is 0 Å². The smallest absolute Gasteiger partial charge is 0.408 e. The van der Waals surface area contributed by atoms with Crippen LogP contribution in [0.2, 0.25) is 0 Å². The van der Waals surface area contributed by atoms with Gasteiger partial charge in [0.25, 0.3) is 0 Å². The summed E-state index contributed by atoms with van der Waals surface area (Å²) in [5.41, 5.74) is 2.17. The normalized spacial score (nSPS) is 18.0. The van der Waals surface area contributed by atoms with Gasteiger partial charge in [-0.1, -0.05) is 54.6 Å². The minimum absolute atomic E-state index is 0.0803. The predicted molar refractivity (Wildman–Crippen MR) is 101 cm³/mol. The molecule has 0 spiro atoms. The zero-order chi connectivity index (χ0) is 18.7. The van der Waals surface area contributed by atoms with E-state index in [1.807, 2.05) is 75.4 Å². The number of fused-ring (bicyclic) bond motifs is 1. The van der Waals surface area contributed by atoms with Crippen LogP contribution in [-0.4, -0.2) is 17.5 Å². The van der Waals surface area contributed by atoms with Crippen molar-refractivity contribution < 1.29 is 14.3 Å². The Labute approximate surface area is 154 Å². The van der Waals surface area contributed by atoms with Crippen molar-refractivity contribution in [2.75, 3.05) is 0 Å². The quantitative estimate of drug-likeness (QED) is 0.872. The Kier molecular flexibility index (Phi) is 5.12. The number of ketones is 1. The maximum atomic E-state index is 13.1. The van der Waals surface area contributed by atoms with Gasteiger partial charge in [0.2, 0.25) is 0 Å². The number of hydrogen-bond acceptors (Lipinski definition) is 3. The molecular formula is C22H25NO3. The Hall–Kier alpha value is -2.62. The molecule has 0 saturated heterocycles. The molecule has 0 unspecified atom stereocenters. The van der Waals surface area contributed by atoms with Crippen molar-refractivity contribution in [1.29, 1.82) is 0 Å². The first-order chi connectivity index (χ1) is 12.3. The molecule has 2 atom stereocenters. The Morgan fingerprint density at radius 3 is 2.42 bits per heavy atom. The van der Waals surface area contributed by atoms with E-state index in [4.69, 9.17) is 4.74 Å². The van der Waals surface area contributed by atoms with Gasteiger partial charge in [-0.3, -0.25) is 4.79 Å². The van der Waals surface area contributed by atoms with Gasteiger partial charge < -0.3 is 10.1 Å². The number of amides is 1. The fraction of sp³-hybridized carbons (Fsp3) is 0.364. The third-order valence-corrected chi connectivity index (χ3v) is 4.58. The molecule has 0 saturated carbocycles. The van der Waals surface area contributed by atoms with E-state index >= 15 is 0 Å². The Morgan fingerprint density at radius 1 is 1.08 bits per heavy atom. The van der Waals surface area contributed by atoms with Crippen molar-refractivity contribution in [1.82, 2.24) is 5.32 Å². The van der Waals surface area contributed by atoms with Gasteiger partial charge in [0.15, 0.2) is 5.78 Å². The van der Waals surface area contributed by atoms with Crippen molar-refractivity contribution in [3.05, 3.63) is 71.3 Å². The summed E-state index contributed by atoms with van der Waals surface area (Å²) >= 11 is 0. The fourth-order valence-corrected chi connectivity index (χ4v) is 3.45. The lowest BCUT2D eigenvalue weighted by atomic mass is 9.77. The number of aryl methyl sites for hydroxylation is 1. The van der Waals surface area contributed by atoms with Crippen molar-refractivity contribution in [2.24, 2.45) is 5.92 Å². The van der Waals surface area contributed by atoms with Crippen LogP contribution in [-0.2, 0) is 11.2 Å². The molecule has 4 nitrogen and oxygen atoms in total. The number of Topliss-reactive ketones (excluding diaryl/α,β-unsaturated/α-hetero) is 1. The van der Waals surface area contributed by atoms with Gasteiger partial charge in [0.1, 0.15) is 5.60 Å². The largest absolute Gasteiger partial charge is 0.444 e. The van der Waals surface area contributed by atoms with Crippen LogP contribution in [0.3, 0.4) is 0 Å². The summed E-state index contributed by atoms with van der Waals surface area (Å²) in [5.74, 6) is -0.225. The Morgan fingerprint density at radius 2 is 1.73 bits per heavy atom. The predicted octanol–water partition coefficient (Wildman–Crippen LogP) is 4.70. The molecule has 0 radical (unpaired) electrons. The summed E-state index contributed by atoms with van der Waals surface area (Å²) in [4.78, 5) is 25.5. The molecule has 1 aliphatic carbocycles. The summed E-state index contributed by atoms with van der Waals surface area (Å²) < 4.78 is 5.42. The first kappa shape index (κ1) is 18.2. The number of carbonyl (C=O) groups excluding carboxylic acids is 2. The molecular weight excluding hydrogens is 326 g/mol. The second kappa shape index (κ2) is 7.32. The molecule has 1 amide bonds. The summed E-state index contributed by atoms with van der Waals surface area (Å²) in [7, 11) is 0. The van der Waals surface area contributed by atoms with Gasteiger partial charge in [0, 0.05) is 11.5 Å². The number of rotatable bonds is 3. The Bertz CT molecular complexity index is 793. The summed E-state index contributed by atoms with van der Waals surface area (Å²) in [6.45, 7) is 5.48. The molecule has 2 aromatic rings. The Balaban J connectivity index is 1.89. The van der Waals surface area contributed by atoms with Gasteiger partial charge in [0.05, 0.1) is 6.04 Å². The number of benzene rings is 2. The van der Waals surface area contributed by atoms with E-state index in [1.165, 1.54) is 0 Å². The van der Waals surface area contributed by atoms with Crippen molar-refractivity contribution in [2.45, 2.75) is 45.3 Å². The highest BCUT2D eigenvalue weighted by atomic mass is 16.6. The molecule has 136 valence electrons. The lowest BCUT2D eigenvalue weighted by molar-refractivity contribution is 0.0479. The molecule has 0 aromatic heterocycles. The highest BCUT2D eigenvalue weighted by molar-refractivity contribution is 6.00. The van der Waals surface area contributed by atoms with E-state index in [2.05, 4.69) is 5.32 Å². The van der Waals surface area contributed by atoms with Gasteiger partial charge in [-0.25, -0.2) is 4.79 Å². The molecule has 0 fully saturated rings. The van der Waals surface area contributed by atoms with Crippen molar-refractivity contribution >= 4 is 11.9 Å². The van der Waals surface area contributed by atoms with Crippen LogP contribution in [0.5, 0.6) is 0 Å². The number of ether oxygens (including phenoxy) is 1. The minimum Gasteiger partial charge on any atom is -0.444 e. The van der Waals surface area contributed by atoms with E-state index in [9.17, 15) is 9.59 Å². The number of carbonyl (C=O) groups is 2. The molecule has 1 N–H and O–H groups in total. The number of alkyl carbamates (subject to hydrolysis) is 1. The topological polar surface area (TPSA) is 55.4 Å². The molecule has 26 heavy (non-hydrogen) atoms. The first-order valence-electron chi connectivity index (χ1n) is 9.02. The standard InChI is InChI=1S/C22H25NO3/c1-22(2,3)26-21(25)23-19(16-10-5-4-6-11-16)18-14-13-15-9-7-8-12-17(15)20(18)24/h4-12,18-19H,13-14H2,1-3H3,(H,23,25)/t18-,19-/m1/s1. The van der Waals surface area contributed by atoms with Gasteiger partial charge >= 0.3 is 6.09 Å². The van der Waals surface area contributed by atoms with Gasteiger partial charge in [-0.05, 0) is 44.7 Å². The number of nitrogens with one attached hydrogen (secondary N) is 1. The maximum Gasteiger partial charge on any atom is 0.408 e. The fourth-order valence-electron chi connectivity index (χ4n) is 3.45.